The van der Waals surface area contributed by atoms with E-state index in [1.807, 2.05) is 12.3 Å². The normalized spacial score (nSPS) is 27.8. The summed E-state index contributed by atoms with van der Waals surface area (Å²) in [6, 6.07) is 10.5. The van der Waals surface area contributed by atoms with Gasteiger partial charge in [-0.25, -0.2) is 0 Å². The van der Waals surface area contributed by atoms with Crippen molar-refractivity contribution in [1.29, 1.82) is 0 Å². The van der Waals surface area contributed by atoms with Crippen molar-refractivity contribution in [2.45, 2.75) is 38.1 Å². The van der Waals surface area contributed by atoms with Gasteiger partial charge in [-0.1, -0.05) is 31.5 Å². The molecule has 2 atom stereocenters. The quantitative estimate of drug-likeness (QED) is 0.871. The third-order valence-corrected chi connectivity index (χ3v) is 4.41. The number of pyridine rings is 1. The van der Waals surface area contributed by atoms with E-state index in [-0.39, 0.29) is 5.54 Å². The SMILES string of the molecule is CCC1CCC(N)(c2cccc3ncccc23)C1. The van der Waals surface area contributed by atoms with Gasteiger partial charge in [-0.05, 0) is 42.9 Å². The third-order valence-electron chi connectivity index (χ3n) is 4.41. The van der Waals surface area contributed by atoms with E-state index in [9.17, 15) is 0 Å². The van der Waals surface area contributed by atoms with Crippen LogP contribution in [0.5, 0.6) is 0 Å². The highest BCUT2D eigenvalue weighted by atomic mass is 14.8. The van der Waals surface area contributed by atoms with Crippen molar-refractivity contribution in [3.05, 3.63) is 42.1 Å². The van der Waals surface area contributed by atoms with Crippen molar-refractivity contribution < 1.29 is 0 Å². The van der Waals surface area contributed by atoms with Gasteiger partial charge in [0, 0.05) is 17.1 Å². The fraction of sp³-hybridized carbons (Fsp3) is 0.438. The van der Waals surface area contributed by atoms with Gasteiger partial charge in [0.15, 0.2) is 0 Å². The van der Waals surface area contributed by atoms with Gasteiger partial charge in [-0.3, -0.25) is 4.98 Å². The summed E-state index contributed by atoms with van der Waals surface area (Å²) in [5.74, 6) is 0.780. The van der Waals surface area contributed by atoms with Crippen LogP contribution in [-0.2, 0) is 5.54 Å². The van der Waals surface area contributed by atoms with E-state index in [1.165, 1.54) is 23.8 Å². The first-order valence-corrected chi connectivity index (χ1v) is 6.86. The Bertz CT molecular complexity index is 559. The minimum atomic E-state index is -0.150. The number of aromatic nitrogens is 1. The molecular weight excluding hydrogens is 220 g/mol. The molecule has 2 aromatic rings. The molecule has 0 bridgehead atoms. The maximum Gasteiger partial charge on any atom is 0.0705 e. The molecule has 2 heteroatoms. The number of hydrogen-bond acceptors (Lipinski definition) is 2. The van der Waals surface area contributed by atoms with Crippen LogP contribution in [0, 0.1) is 5.92 Å². The monoisotopic (exact) mass is 240 g/mol. The summed E-state index contributed by atoms with van der Waals surface area (Å²) >= 11 is 0. The molecule has 0 aliphatic heterocycles. The highest BCUT2D eigenvalue weighted by Crippen LogP contribution is 2.43. The van der Waals surface area contributed by atoms with Crippen LogP contribution in [0.15, 0.2) is 36.5 Å². The third kappa shape index (κ3) is 1.81. The molecule has 2 N–H and O–H groups in total. The number of benzene rings is 1. The predicted molar refractivity (Wildman–Crippen MR) is 75.2 cm³/mol. The fourth-order valence-electron chi connectivity index (χ4n) is 3.31. The standard InChI is InChI=1S/C16H20N2/c1-2-12-8-9-16(17,11-12)14-6-3-7-15-13(14)5-4-10-18-15/h3-7,10,12H,2,8-9,11,17H2,1H3. The van der Waals surface area contributed by atoms with E-state index >= 15 is 0 Å². The molecule has 1 fully saturated rings. The molecule has 1 aliphatic rings. The van der Waals surface area contributed by atoms with E-state index in [1.54, 1.807) is 0 Å². The molecule has 0 spiro atoms. The van der Waals surface area contributed by atoms with Gasteiger partial charge in [0.25, 0.3) is 0 Å². The van der Waals surface area contributed by atoms with Crippen LogP contribution < -0.4 is 5.73 Å². The van der Waals surface area contributed by atoms with Gasteiger partial charge in [-0.2, -0.15) is 0 Å². The Morgan fingerprint density at radius 1 is 1.33 bits per heavy atom. The van der Waals surface area contributed by atoms with Crippen molar-refractivity contribution >= 4 is 10.9 Å². The second-order valence-electron chi connectivity index (χ2n) is 5.55. The van der Waals surface area contributed by atoms with E-state index in [0.29, 0.717) is 0 Å². The lowest BCUT2D eigenvalue weighted by molar-refractivity contribution is 0.427. The topological polar surface area (TPSA) is 38.9 Å². The molecule has 0 amide bonds. The zero-order chi connectivity index (χ0) is 12.6. The summed E-state index contributed by atoms with van der Waals surface area (Å²) in [6.45, 7) is 2.26. The summed E-state index contributed by atoms with van der Waals surface area (Å²) < 4.78 is 0. The zero-order valence-corrected chi connectivity index (χ0v) is 10.9. The molecule has 2 nitrogen and oxygen atoms in total. The molecule has 1 heterocycles. The lowest BCUT2D eigenvalue weighted by Gasteiger charge is -2.26. The highest BCUT2D eigenvalue weighted by Gasteiger charge is 2.37. The Balaban J connectivity index is 2.09. The lowest BCUT2D eigenvalue weighted by atomic mass is 9.85. The van der Waals surface area contributed by atoms with Gasteiger partial charge in [-0.15, -0.1) is 0 Å². The molecule has 94 valence electrons. The Hall–Kier alpha value is -1.41. The molecule has 18 heavy (non-hydrogen) atoms. The minimum absolute atomic E-state index is 0.150. The van der Waals surface area contributed by atoms with E-state index in [0.717, 1.165) is 24.3 Å². The van der Waals surface area contributed by atoms with Crippen molar-refractivity contribution in [1.82, 2.24) is 4.98 Å². The van der Waals surface area contributed by atoms with Gasteiger partial charge < -0.3 is 5.73 Å². The zero-order valence-electron chi connectivity index (χ0n) is 10.9. The van der Waals surface area contributed by atoms with E-state index < -0.39 is 0 Å². The Morgan fingerprint density at radius 2 is 2.22 bits per heavy atom. The predicted octanol–water partition coefficient (Wildman–Crippen LogP) is 3.60. The smallest absolute Gasteiger partial charge is 0.0705 e. The molecular formula is C16H20N2. The second-order valence-corrected chi connectivity index (χ2v) is 5.55. The van der Waals surface area contributed by atoms with Crippen molar-refractivity contribution in [3.8, 4) is 0 Å². The van der Waals surface area contributed by atoms with Gasteiger partial charge in [0.1, 0.15) is 0 Å². The fourth-order valence-corrected chi connectivity index (χ4v) is 3.31. The minimum Gasteiger partial charge on any atom is -0.321 e. The summed E-state index contributed by atoms with van der Waals surface area (Å²) in [4.78, 5) is 4.43. The summed E-state index contributed by atoms with van der Waals surface area (Å²) in [7, 11) is 0. The molecule has 1 aromatic carbocycles. The Morgan fingerprint density at radius 3 is 3.00 bits per heavy atom. The number of fused-ring (bicyclic) bond motifs is 1. The summed E-state index contributed by atoms with van der Waals surface area (Å²) in [5, 5.41) is 1.22. The maximum atomic E-state index is 6.68. The Kier molecular flexibility index (Phi) is 2.83. The summed E-state index contributed by atoms with van der Waals surface area (Å²) in [5.41, 5.74) is 8.87. The first-order chi connectivity index (χ1) is 8.73. The van der Waals surface area contributed by atoms with Gasteiger partial charge >= 0.3 is 0 Å². The molecule has 1 saturated carbocycles. The molecule has 2 unspecified atom stereocenters. The number of rotatable bonds is 2. The van der Waals surface area contributed by atoms with E-state index in [2.05, 4.69) is 36.2 Å². The van der Waals surface area contributed by atoms with Crippen LogP contribution in [0.4, 0.5) is 0 Å². The second kappa shape index (κ2) is 4.36. The van der Waals surface area contributed by atoms with Gasteiger partial charge in [0.05, 0.1) is 5.52 Å². The number of hydrogen-bond donors (Lipinski definition) is 1. The molecule has 1 aromatic heterocycles. The average Bonchev–Trinajstić information content (AvgIpc) is 2.81. The first kappa shape index (κ1) is 11.7. The van der Waals surface area contributed by atoms with Crippen LogP contribution >= 0.6 is 0 Å². The number of nitrogens with zero attached hydrogens (tertiary/aromatic N) is 1. The van der Waals surface area contributed by atoms with Crippen LogP contribution in [0.2, 0.25) is 0 Å². The van der Waals surface area contributed by atoms with E-state index in [4.69, 9.17) is 5.73 Å². The van der Waals surface area contributed by atoms with Crippen LogP contribution in [-0.4, -0.2) is 4.98 Å². The largest absolute Gasteiger partial charge is 0.321 e. The maximum absolute atomic E-state index is 6.68. The van der Waals surface area contributed by atoms with Crippen LogP contribution in [0.3, 0.4) is 0 Å². The lowest BCUT2D eigenvalue weighted by Crippen LogP contribution is -2.33. The highest BCUT2D eigenvalue weighted by molar-refractivity contribution is 5.83. The molecule has 0 saturated heterocycles. The van der Waals surface area contributed by atoms with Crippen LogP contribution in [0.25, 0.3) is 10.9 Å². The average molecular weight is 240 g/mol. The Labute approximate surface area is 108 Å². The molecule has 0 radical (unpaired) electrons. The number of nitrogens with two attached hydrogens (primary N) is 1. The van der Waals surface area contributed by atoms with Gasteiger partial charge in [0.2, 0.25) is 0 Å². The molecule has 1 aliphatic carbocycles. The summed E-state index contributed by atoms with van der Waals surface area (Å²) in [6.07, 6.45) is 6.54. The van der Waals surface area contributed by atoms with Crippen molar-refractivity contribution in [2.24, 2.45) is 11.7 Å². The molecule has 3 rings (SSSR count). The first-order valence-electron chi connectivity index (χ1n) is 6.86. The van der Waals surface area contributed by atoms with Crippen LogP contribution in [0.1, 0.15) is 38.2 Å². The van der Waals surface area contributed by atoms with Crippen molar-refractivity contribution in [2.75, 3.05) is 0 Å². The van der Waals surface area contributed by atoms with Crippen molar-refractivity contribution in [3.63, 3.8) is 0 Å².